The second-order valence-corrected chi connectivity index (χ2v) is 5.17. The number of nitrogens with zero attached hydrogens (tertiary/aromatic N) is 2. The highest BCUT2D eigenvalue weighted by molar-refractivity contribution is 5.87. The van der Waals surface area contributed by atoms with E-state index in [1.54, 1.807) is 12.3 Å². The van der Waals surface area contributed by atoms with E-state index in [0.717, 1.165) is 18.7 Å². The third-order valence-corrected chi connectivity index (χ3v) is 3.54. The number of amides is 2. The van der Waals surface area contributed by atoms with Crippen molar-refractivity contribution in [1.29, 1.82) is 0 Å². The highest BCUT2D eigenvalue weighted by atomic mass is 16.5. The van der Waals surface area contributed by atoms with Crippen molar-refractivity contribution in [3.05, 3.63) is 23.9 Å². The van der Waals surface area contributed by atoms with Gasteiger partial charge in [0.15, 0.2) is 0 Å². The Kier molecular flexibility index (Phi) is 5.85. The first-order chi connectivity index (χ1) is 10.6. The number of carbonyl (C=O) groups is 2. The maximum atomic E-state index is 12.2. The number of anilines is 1. The molecule has 0 spiro atoms. The molecule has 1 fully saturated rings. The highest BCUT2D eigenvalue weighted by Gasteiger charge is 2.27. The van der Waals surface area contributed by atoms with Gasteiger partial charge >= 0.3 is 0 Å². The van der Waals surface area contributed by atoms with Crippen LogP contribution < -0.4 is 10.6 Å². The predicted molar refractivity (Wildman–Crippen MR) is 82.2 cm³/mol. The molecular weight excluding hydrogens is 284 g/mol. The zero-order valence-electron chi connectivity index (χ0n) is 13.0. The van der Waals surface area contributed by atoms with Crippen LogP contribution in [0.15, 0.2) is 18.3 Å². The molecule has 1 unspecified atom stereocenters. The van der Waals surface area contributed by atoms with Crippen LogP contribution in [0.3, 0.4) is 0 Å². The SMILES string of the molecule is CCN1CCOCC1C(=O)NCc1ccc(NC(C)=O)nc1. The number of nitrogens with one attached hydrogen (secondary N) is 2. The van der Waals surface area contributed by atoms with E-state index in [2.05, 4.69) is 20.5 Å². The molecule has 2 rings (SSSR count). The van der Waals surface area contributed by atoms with Gasteiger partial charge in [0.05, 0.1) is 13.2 Å². The third kappa shape index (κ3) is 4.51. The molecule has 1 aromatic heterocycles. The zero-order valence-corrected chi connectivity index (χ0v) is 13.0. The van der Waals surface area contributed by atoms with Crippen LogP contribution in [0, 0.1) is 0 Å². The molecule has 22 heavy (non-hydrogen) atoms. The first-order valence-electron chi connectivity index (χ1n) is 7.42. The second kappa shape index (κ2) is 7.86. The smallest absolute Gasteiger partial charge is 0.240 e. The monoisotopic (exact) mass is 306 g/mol. The van der Waals surface area contributed by atoms with E-state index < -0.39 is 0 Å². The van der Waals surface area contributed by atoms with Crippen molar-refractivity contribution in [3.63, 3.8) is 0 Å². The Bertz CT molecular complexity index is 518. The molecule has 2 amide bonds. The molecule has 0 aromatic carbocycles. The first kappa shape index (κ1) is 16.4. The number of hydrogen-bond acceptors (Lipinski definition) is 5. The van der Waals surface area contributed by atoms with Crippen molar-refractivity contribution in [2.75, 3.05) is 31.6 Å². The van der Waals surface area contributed by atoms with Crippen LogP contribution >= 0.6 is 0 Å². The van der Waals surface area contributed by atoms with E-state index in [-0.39, 0.29) is 17.9 Å². The molecule has 0 bridgehead atoms. The first-order valence-corrected chi connectivity index (χ1v) is 7.42. The van der Waals surface area contributed by atoms with E-state index in [1.165, 1.54) is 6.92 Å². The van der Waals surface area contributed by atoms with Crippen LogP contribution in [0.1, 0.15) is 19.4 Å². The van der Waals surface area contributed by atoms with Gasteiger partial charge in [0.1, 0.15) is 11.9 Å². The van der Waals surface area contributed by atoms with Crippen LogP contribution in [0.4, 0.5) is 5.82 Å². The Morgan fingerprint density at radius 3 is 2.91 bits per heavy atom. The molecule has 2 heterocycles. The molecule has 0 saturated carbocycles. The van der Waals surface area contributed by atoms with Crippen molar-refractivity contribution in [2.24, 2.45) is 0 Å². The highest BCUT2D eigenvalue weighted by Crippen LogP contribution is 2.08. The van der Waals surface area contributed by atoms with E-state index in [4.69, 9.17) is 4.74 Å². The Morgan fingerprint density at radius 2 is 2.27 bits per heavy atom. The minimum Gasteiger partial charge on any atom is -0.378 e. The van der Waals surface area contributed by atoms with Crippen LogP contribution in [-0.2, 0) is 20.9 Å². The lowest BCUT2D eigenvalue weighted by Crippen LogP contribution is -2.53. The molecule has 1 aliphatic rings. The van der Waals surface area contributed by atoms with E-state index in [1.807, 2.05) is 13.0 Å². The number of morpholine rings is 1. The average molecular weight is 306 g/mol. The van der Waals surface area contributed by atoms with Crippen molar-refractivity contribution in [1.82, 2.24) is 15.2 Å². The summed E-state index contributed by atoms with van der Waals surface area (Å²) in [4.78, 5) is 29.4. The molecule has 0 radical (unpaired) electrons. The Balaban J connectivity index is 1.86. The Labute approximate surface area is 130 Å². The van der Waals surface area contributed by atoms with Gasteiger partial charge in [0, 0.05) is 26.2 Å². The van der Waals surface area contributed by atoms with Gasteiger partial charge < -0.3 is 15.4 Å². The van der Waals surface area contributed by atoms with Crippen molar-refractivity contribution < 1.29 is 14.3 Å². The molecule has 2 N–H and O–H groups in total. The summed E-state index contributed by atoms with van der Waals surface area (Å²) < 4.78 is 5.38. The van der Waals surface area contributed by atoms with Crippen LogP contribution in [0.5, 0.6) is 0 Å². The maximum absolute atomic E-state index is 12.2. The van der Waals surface area contributed by atoms with E-state index in [9.17, 15) is 9.59 Å². The molecule has 1 aromatic rings. The van der Waals surface area contributed by atoms with Crippen molar-refractivity contribution in [2.45, 2.75) is 26.4 Å². The quantitative estimate of drug-likeness (QED) is 0.821. The standard InChI is InChI=1S/C15H22N4O3/c1-3-19-6-7-22-10-13(19)15(21)17-9-12-4-5-14(16-8-12)18-11(2)20/h4-5,8,13H,3,6-7,9-10H2,1-2H3,(H,17,21)(H,16,18,20). The summed E-state index contributed by atoms with van der Waals surface area (Å²) in [5.41, 5.74) is 0.877. The van der Waals surface area contributed by atoms with E-state index >= 15 is 0 Å². The number of pyridine rings is 1. The fraction of sp³-hybridized carbons (Fsp3) is 0.533. The van der Waals surface area contributed by atoms with Gasteiger partial charge in [0.2, 0.25) is 11.8 Å². The minimum atomic E-state index is -0.231. The normalized spacial score (nSPS) is 18.7. The molecule has 1 aliphatic heterocycles. The summed E-state index contributed by atoms with van der Waals surface area (Å²) in [6.45, 7) is 6.58. The lowest BCUT2D eigenvalue weighted by molar-refractivity contribution is -0.132. The van der Waals surface area contributed by atoms with Crippen molar-refractivity contribution >= 4 is 17.6 Å². The summed E-state index contributed by atoms with van der Waals surface area (Å²) in [6.07, 6.45) is 1.64. The van der Waals surface area contributed by atoms with Gasteiger partial charge in [-0.05, 0) is 18.2 Å². The van der Waals surface area contributed by atoms with Crippen molar-refractivity contribution in [3.8, 4) is 0 Å². The Morgan fingerprint density at radius 1 is 1.45 bits per heavy atom. The van der Waals surface area contributed by atoms with Crippen LogP contribution in [-0.4, -0.2) is 54.0 Å². The summed E-state index contributed by atoms with van der Waals surface area (Å²) in [5.74, 6) is 0.304. The van der Waals surface area contributed by atoms with Gasteiger partial charge in [-0.15, -0.1) is 0 Å². The fourth-order valence-electron chi connectivity index (χ4n) is 2.35. The summed E-state index contributed by atoms with van der Waals surface area (Å²) >= 11 is 0. The maximum Gasteiger partial charge on any atom is 0.240 e. The number of aromatic nitrogens is 1. The number of rotatable bonds is 5. The topological polar surface area (TPSA) is 83.6 Å². The number of ether oxygens (including phenoxy) is 1. The zero-order chi connectivity index (χ0) is 15.9. The van der Waals surface area contributed by atoms with Gasteiger partial charge in [-0.2, -0.15) is 0 Å². The van der Waals surface area contributed by atoms with Crippen LogP contribution in [0.2, 0.25) is 0 Å². The summed E-state index contributed by atoms with van der Waals surface area (Å²) in [7, 11) is 0. The van der Waals surface area contributed by atoms with Crippen LogP contribution in [0.25, 0.3) is 0 Å². The third-order valence-electron chi connectivity index (χ3n) is 3.54. The van der Waals surface area contributed by atoms with Gasteiger partial charge in [-0.25, -0.2) is 4.98 Å². The summed E-state index contributed by atoms with van der Waals surface area (Å²) in [6, 6.07) is 3.31. The van der Waals surface area contributed by atoms with Gasteiger partial charge in [0.25, 0.3) is 0 Å². The second-order valence-electron chi connectivity index (χ2n) is 5.17. The summed E-state index contributed by atoms with van der Waals surface area (Å²) in [5, 5.41) is 5.51. The van der Waals surface area contributed by atoms with Gasteiger partial charge in [-0.3, -0.25) is 14.5 Å². The molecule has 1 saturated heterocycles. The number of hydrogen-bond donors (Lipinski definition) is 2. The lowest BCUT2D eigenvalue weighted by Gasteiger charge is -2.33. The molecule has 7 heteroatoms. The molecule has 120 valence electrons. The van der Waals surface area contributed by atoms with Gasteiger partial charge in [-0.1, -0.05) is 13.0 Å². The molecule has 0 aliphatic carbocycles. The predicted octanol–water partition coefficient (Wildman–Crippen LogP) is 0.377. The Hall–Kier alpha value is -1.99. The largest absolute Gasteiger partial charge is 0.378 e. The average Bonchev–Trinajstić information content (AvgIpc) is 2.53. The molecule has 1 atom stereocenters. The number of carbonyl (C=O) groups excluding carboxylic acids is 2. The fourth-order valence-corrected chi connectivity index (χ4v) is 2.35. The molecular formula is C15H22N4O3. The minimum absolute atomic E-state index is 0.0347. The lowest BCUT2D eigenvalue weighted by atomic mass is 10.2. The number of likely N-dealkylation sites (N-methyl/N-ethyl adjacent to an activating group) is 1. The van der Waals surface area contributed by atoms with E-state index in [0.29, 0.717) is 25.6 Å². The molecule has 7 nitrogen and oxygen atoms in total.